The molecule has 3 N–H and O–H groups in total. The van der Waals surface area contributed by atoms with E-state index in [4.69, 9.17) is 9.29 Å². The van der Waals surface area contributed by atoms with Crippen molar-refractivity contribution in [2.24, 2.45) is 10.9 Å². The first-order valence-corrected chi connectivity index (χ1v) is 4.76. The number of hydrogen-bond donors (Lipinski definition) is 2. The number of nitrogens with two attached hydrogens (primary N) is 1. The van der Waals surface area contributed by atoms with Gasteiger partial charge in [0.1, 0.15) is 0 Å². The first-order valence-electron chi connectivity index (χ1n) is 3.26. The fraction of sp³-hybridized carbons (Fsp3) is 0.800. The summed E-state index contributed by atoms with van der Waals surface area (Å²) in [6.07, 6.45) is 0. The molecule has 0 radical (unpaired) electrons. The summed E-state index contributed by atoms with van der Waals surface area (Å²) in [4.78, 5) is 0. The Morgan fingerprint density at radius 1 is 1.50 bits per heavy atom. The fourth-order valence-corrected chi connectivity index (χ4v) is 0.435. The second-order valence-electron chi connectivity index (χ2n) is 1.55. The lowest BCUT2D eigenvalue weighted by molar-refractivity contribution is 0.162. The Labute approximate surface area is 72.2 Å². The molecule has 0 unspecified atom stereocenters. The maximum absolute atomic E-state index is 9.56. The summed E-state index contributed by atoms with van der Waals surface area (Å²) in [6, 6.07) is 0. The third kappa shape index (κ3) is 22.8. The van der Waals surface area contributed by atoms with Crippen molar-refractivity contribution in [3.63, 3.8) is 0 Å². The molecule has 0 amide bonds. The van der Waals surface area contributed by atoms with Gasteiger partial charge in [-0.3, -0.25) is 4.55 Å². The third-order valence-electron chi connectivity index (χ3n) is 0.602. The number of nitrogens with zero attached hydrogens (tertiary/aromatic N) is 1. The summed E-state index contributed by atoms with van der Waals surface area (Å²) >= 11 is 0. The highest BCUT2D eigenvalue weighted by molar-refractivity contribution is 7.99. The fourth-order valence-electron chi connectivity index (χ4n) is 0.281. The first kappa shape index (κ1) is 13.9. The van der Waals surface area contributed by atoms with Gasteiger partial charge in [0.05, 0.1) is 0 Å². The van der Waals surface area contributed by atoms with E-state index in [0.717, 1.165) is 13.2 Å². The number of hydrazone groups is 1. The summed E-state index contributed by atoms with van der Waals surface area (Å²) < 4.78 is 31.7. The Bertz CT molecular complexity index is 197. The molecule has 0 saturated carbocycles. The first-order chi connectivity index (χ1) is 5.47. The average Bonchev–Trinajstić information content (AvgIpc) is 1.87. The number of rotatable bonds is 3. The predicted octanol–water partition coefficient (Wildman–Crippen LogP) is -0.181. The van der Waals surface area contributed by atoms with E-state index in [2.05, 4.69) is 10.9 Å². The maximum Gasteiger partial charge on any atom is 0.306 e. The highest BCUT2D eigenvalue weighted by atomic mass is 32.2. The van der Waals surface area contributed by atoms with Crippen molar-refractivity contribution in [3.8, 4) is 0 Å². The molecule has 0 aliphatic rings. The monoisotopic (exact) mass is 198 g/mol. The van der Waals surface area contributed by atoms with Crippen LogP contribution in [0.15, 0.2) is 5.10 Å². The summed E-state index contributed by atoms with van der Waals surface area (Å²) in [5, 5.41) is 2.54. The molecule has 0 spiro atoms. The third-order valence-corrected chi connectivity index (χ3v) is 0.990. The van der Waals surface area contributed by atoms with Gasteiger partial charge in [-0.25, -0.2) is 0 Å². The van der Waals surface area contributed by atoms with E-state index in [1.165, 1.54) is 0 Å². The topological polar surface area (TPSA) is 102 Å². The lowest BCUT2D eigenvalue weighted by Gasteiger charge is -1.86. The summed E-state index contributed by atoms with van der Waals surface area (Å²) in [5.41, 5.74) is 0.243. The van der Waals surface area contributed by atoms with Crippen LogP contribution in [0.25, 0.3) is 0 Å². The summed E-state index contributed by atoms with van der Waals surface area (Å²) in [7, 11) is -4.09. The zero-order valence-electron chi connectivity index (χ0n) is 7.10. The van der Waals surface area contributed by atoms with E-state index in [0.29, 0.717) is 0 Å². The van der Waals surface area contributed by atoms with E-state index in [9.17, 15) is 8.42 Å². The van der Waals surface area contributed by atoms with Crippen LogP contribution in [-0.4, -0.2) is 31.7 Å². The van der Waals surface area contributed by atoms with Crippen molar-refractivity contribution < 1.29 is 17.7 Å². The largest absolute Gasteiger partial charge is 0.382 e. The molecule has 0 fully saturated rings. The van der Waals surface area contributed by atoms with Crippen LogP contribution in [0.5, 0.6) is 0 Å². The van der Waals surface area contributed by atoms with Gasteiger partial charge in [0.25, 0.3) is 0 Å². The van der Waals surface area contributed by atoms with Crippen LogP contribution in [0.2, 0.25) is 0 Å². The van der Waals surface area contributed by atoms with E-state index in [1.807, 2.05) is 13.8 Å². The van der Waals surface area contributed by atoms with Crippen LogP contribution in [0.1, 0.15) is 13.8 Å². The SMILES string of the molecule is CCOCC.NN=CS(=O)(=O)O. The van der Waals surface area contributed by atoms with Gasteiger partial charge in [-0.15, -0.1) is 0 Å². The normalized spacial score (nSPS) is 10.9. The Balaban J connectivity index is 0. The van der Waals surface area contributed by atoms with Crippen molar-refractivity contribution in [1.29, 1.82) is 0 Å². The molecule has 0 aliphatic carbocycles. The standard InChI is InChI=1S/C4H10O.CH4N2O3S/c1-3-5-4-2;2-3-1-7(4,5)6/h3-4H2,1-2H3;1H,2H2,(H,4,5,6). The highest BCUT2D eigenvalue weighted by Gasteiger charge is 1.92. The molecule has 0 aromatic heterocycles. The Hall–Kier alpha value is -0.660. The van der Waals surface area contributed by atoms with Gasteiger partial charge in [-0.1, -0.05) is 0 Å². The minimum Gasteiger partial charge on any atom is -0.382 e. The molecule has 0 bridgehead atoms. The van der Waals surface area contributed by atoms with Crippen LogP contribution >= 0.6 is 0 Å². The molecule has 0 aromatic rings. The molecule has 0 rings (SSSR count). The van der Waals surface area contributed by atoms with Gasteiger partial charge < -0.3 is 10.6 Å². The Kier molecular flexibility index (Phi) is 9.77. The Morgan fingerprint density at radius 3 is 1.92 bits per heavy atom. The molecule has 0 aliphatic heterocycles. The summed E-state index contributed by atoms with van der Waals surface area (Å²) in [5.74, 6) is 4.34. The minimum absolute atomic E-state index is 0.243. The van der Waals surface area contributed by atoms with Crippen molar-refractivity contribution in [2.75, 3.05) is 13.2 Å². The molecule has 7 heteroatoms. The van der Waals surface area contributed by atoms with E-state index in [-0.39, 0.29) is 5.55 Å². The lowest BCUT2D eigenvalue weighted by atomic mass is 10.8. The van der Waals surface area contributed by atoms with E-state index < -0.39 is 10.1 Å². The molecule has 0 saturated heterocycles. The van der Waals surface area contributed by atoms with Gasteiger partial charge in [0.2, 0.25) is 0 Å². The van der Waals surface area contributed by atoms with Gasteiger partial charge in [-0.05, 0) is 13.8 Å². The van der Waals surface area contributed by atoms with E-state index in [1.54, 1.807) is 0 Å². The highest BCUT2D eigenvalue weighted by Crippen LogP contribution is 1.68. The zero-order chi connectivity index (χ0) is 10.0. The zero-order valence-corrected chi connectivity index (χ0v) is 7.91. The van der Waals surface area contributed by atoms with Crippen LogP contribution in [0, 0.1) is 0 Å². The molecular weight excluding hydrogens is 184 g/mol. The van der Waals surface area contributed by atoms with E-state index >= 15 is 0 Å². The molecule has 74 valence electrons. The lowest BCUT2D eigenvalue weighted by Crippen LogP contribution is -1.98. The smallest absolute Gasteiger partial charge is 0.306 e. The van der Waals surface area contributed by atoms with Crippen molar-refractivity contribution >= 4 is 15.7 Å². The molecule has 0 heterocycles. The minimum atomic E-state index is -4.09. The Morgan fingerprint density at radius 2 is 1.92 bits per heavy atom. The molecular formula is C5H14N2O4S. The molecule has 12 heavy (non-hydrogen) atoms. The predicted molar refractivity (Wildman–Crippen MR) is 46.4 cm³/mol. The van der Waals surface area contributed by atoms with Crippen LogP contribution in [-0.2, 0) is 14.9 Å². The molecule has 0 atom stereocenters. The van der Waals surface area contributed by atoms with Crippen LogP contribution in [0.4, 0.5) is 0 Å². The van der Waals surface area contributed by atoms with Gasteiger partial charge in [0, 0.05) is 13.2 Å². The van der Waals surface area contributed by atoms with Crippen molar-refractivity contribution in [2.45, 2.75) is 13.8 Å². The molecule has 0 aromatic carbocycles. The van der Waals surface area contributed by atoms with Gasteiger partial charge in [-0.2, -0.15) is 13.5 Å². The average molecular weight is 198 g/mol. The second-order valence-corrected chi connectivity index (χ2v) is 2.79. The summed E-state index contributed by atoms with van der Waals surface area (Å²) in [6.45, 7) is 5.67. The van der Waals surface area contributed by atoms with Crippen LogP contribution < -0.4 is 5.84 Å². The quantitative estimate of drug-likeness (QED) is 0.215. The van der Waals surface area contributed by atoms with Gasteiger partial charge >= 0.3 is 10.1 Å². The maximum atomic E-state index is 9.56. The number of hydrogen-bond acceptors (Lipinski definition) is 5. The van der Waals surface area contributed by atoms with Crippen molar-refractivity contribution in [3.05, 3.63) is 0 Å². The second kappa shape index (κ2) is 8.44. The van der Waals surface area contributed by atoms with Crippen molar-refractivity contribution in [1.82, 2.24) is 0 Å². The molecule has 6 nitrogen and oxygen atoms in total. The van der Waals surface area contributed by atoms with Crippen LogP contribution in [0.3, 0.4) is 0 Å². The number of ether oxygens (including phenoxy) is 1. The van der Waals surface area contributed by atoms with Gasteiger partial charge in [0.15, 0.2) is 5.55 Å².